The monoisotopic (exact) mass is 866 g/mol. The molecule has 4 aromatic rings. The van der Waals surface area contributed by atoms with Crippen LogP contribution in [0, 0.1) is 11.3 Å². The molecule has 6 rings (SSSR count). The summed E-state index contributed by atoms with van der Waals surface area (Å²) in [5, 5.41) is 42.3. The number of aromatic hydroxyl groups is 2. The number of amidine groups is 1. The van der Waals surface area contributed by atoms with Crippen molar-refractivity contribution in [2.24, 2.45) is 11.7 Å². The first kappa shape index (κ1) is 45.3. The Morgan fingerprint density at radius 3 is 2.00 bits per heavy atom. The Hall–Kier alpha value is -7.18. The number of primary amides is 1. The zero-order valence-corrected chi connectivity index (χ0v) is 35.9. The Bertz CT molecular complexity index is 2290. The molecule has 3 heterocycles. The molecule has 3 aromatic carbocycles. The van der Waals surface area contributed by atoms with Crippen molar-refractivity contribution in [1.29, 1.82) is 5.41 Å². The molecule has 334 valence electrons. The highest BCUT2D eigenvalue weighted by Gasteiger charge is 2.38. The summed E-state index contributed by atoms with van der Waals surface area (Å²) in [6.07, 6.45) is -0.393. The number of nitrogens with zero attached hydrogens (tertiary/aromatic N) is 7. The van der Waals surface area contributed by atoms with Gasteiger partial charge in [0.2, 0.25) is 18.0 Å². The van der Waals surface area contributed by atoms with Crippen LogP contribution in [0.15, 0.2) is 73.1 Å². The number of carbonyl (C=O) groups excluding carboxylic acids is 3. The largest absolute Gasteiger partial charge is 0.508 e. The van der Waals surface area contributed by atoms with Crippen LogP contribution >= 0.6 is 0 Å². The van der Waals surface area contributed by atoms with Gasteiger partial charge in [0.05, 0.1) is 17.2 Å². The van der Waals surface area contributed by atoms with Crippen LogP contribution in [0.25, 0.3) is 0 Å². The first-order valence-electron chi connectivity index (χ1n) is 20.7. The van der Waals surface area contributed by atoms with Gasteiger partial charge in [-0.1, -0.05) is 44.2 Å². The average Bonchev–Trinajstić information content (AvgIpc) is 3.24. The summed E-state index contributed by atoms with van der Waals surface area (Å²) in [4.78, 5) is 72.0. The van der Waals surface area contributed by atoms with E-state index in [0.717, 1.165) is 16.7 Å². The quantitative estimate of drug-likeness (QED) is 0.0613. The van der Waals surface area contributed by atoms with E-state index >= 15 is 0 Å². The number of hydrogen-bond donors (Lipinski definition) is 6. The van der Waals surface area contributed by atoms with Crippen LogP contribution in [-0.2, 0) is 19.1 Å². The highest BCUT2D eigenvalue weighted by Crippen LogP contribution is 2.34. The van der Waals surface area contributed by atoms with Gasteiger partial charge in [0.25, 0.3) is 0 Å². The van der Waals surface area contributed by atoms with Crippen molar-refractivity contribution in [3.05, 3.63) is 89.7 Å². The number of amides is 3. The molecular weight excluding hydrogens is 813 g/mol. The number of urea groups is 1. The van der Waals surface area contributed by atoms with Gasteiger partial charge in [0, 0.05) is 51.0 Å². The van der Waals surface area contributed by atoms with Gasteiger partial charge in [-0.25, -0.2) is 29.3 Å². The molecule has 19 nitrogen and oxygen atoms in total. The number of nitrogens with two attached hydrogens (primary N) is 1. The van der Waals surface area contributed by atoms with Gasteiger partial charge < -0.3 is 50.5 Å². The van der Waals surface area contributed by atoms with Crippen LogP contribution in [0.4, 0.5) is 32.9 Å². The molecule has 1 aromatic heterocycles. The molecule has 2 atom stereocenters. The fourth-order valence-corrected chi connectivity index (χ4v) is 7.52. The summed E-state index contributed by atoms with van der Waals surface area (Å²) in [6.45, 7) is 12.0. The number of piperidine rings is 1. The predicted molar refractivity (Wildman–Crippen MR) is 234 cm³/mol. The number of carbonyl (C=O) groups is 4. The van der Waals surface area contributed by atoms with Crippen LogP contribution in [-0.4, -0.2) is 111 Å². The summed E-state index contributed by atoms with van der Waals surface area (Å²) >= 11 is 0. The maximum absolute atomic E-state index is 13.5. The van der Waals surface area contributed by atoms with E-state index in [2.05, 4.69) is 20.2 Å². The van der Waals surface area contributed by atoms with Crippen molar-refractivity contribution in [2.45, 2.75) is 71.1 Å². The van der Waals surface area contributed by atoms with Gasteiger partial charge in [-0.3, -0.25) is 10.2 Å². The van der Waals surface area contributed by atoms with Crippen LogP contribution in [0.2, 0.25) is 0 Å². The minimum absolute atomic E-state index is 0.0532. The number of aromatic nitrogens is 3. The molecule has 0 radical (unpaired) electrons. The summed E-state index contributed by atoms with van der Waals surface area (Å²) in [5.41, 5.74) is 7.10. The van der Waals surface area contributed by atoms with Gasteiger partial charge in [-0.05, 0) is 81.0 Å². The number of rotatable bonds is 12. The fraction of sp³-hybridized carbons (Fsp3) is 0.409. The lowest BCUT2D eigenvalue weighted by atomic mass is 9.96. The van der Waals surface area contributed by atoms with Crippen molar-refractivity contribution in [3.8, 4) is 11.5 Å². The lowest BCUT2D eigenvalue weighted by Gasteiger charge is -2.36. The van der Waals surface area contributed by atoms with E-state index < -0.39 is 47.7 Å². The second-order valence-electron chi connectivity index (χ2n) is 16.7. The molecular formula is C44H54N10O9. The third-order valence-electron chi connectivity index (χ3n) is 10.8. The topological polar surface area (TPSA) is 261 Å². The molecule has 2 fully saturated rings. The molecule has 3 amide bonds. The molecule has 63 heavy (non-hydrogen) atoms. The zero-order valence-electron chi connectivity index (χ0n) is 35.9. The van der Waals surface area contributed by atoms with Crippen molar-refractivity contribution >= 4 is 53.2 Å². The van der Waals surface area contributed by atoms with E-state index in [4.69, 9.17) is 25.6 Å². The number of phenols is 2. The van der Waals surface area contributed by atoms with Crippen LogP contribution in [0.1, 0.15) is 76.1 Å². The Kier molecular flexibility index (Phi) is 13.9. The molecule has 0 spiro atoms. The SMILES string of the molecule is CC(C)c1cc(C(=N)N(C(N)=O)c2ccc(N3CCN(c4ncnc(N5CCC(C(=O)OC(C(=O)O)C(NC(=O)OC(C)(C)C)c6ccccc6)CC5)n4)CC3)cc2)c(O)cc1O. The minimum atomic E-state index is -1.71. The van der Waals surface area contributed by atoms with Crippen molar-refractivity contribution in [2.75, 3.05) is 58.9 Å². The molecule has 19 heteroatoms. The molecule has 0 aliphatic carbocycles. The number of aliphatic carboxylic acids is 1. The van der Waals surface area contributed by atoms with E-state index in [1.165, 1.54) is 12.4 Å². The van der Waals surface area contributed by atoms with E-state index in [1.54, 1.807) is 63.2 Å². The Labute approximate surface area is 365 Å². The molecule has 7 N–H and O–H groups in total. The second kappa shape index (κ2) is 19.3. The third-order valence-corrected chi connectivity index (χ3v) is 10.8. The number of ether oxygens (including phenoxy) is 2. The minimum Gasteiger partial charge on any atom is -0.508 e. The second-order valence-corrected chi connectivity index (χ2v) is 16.7. The van der Waals surface area contributed by atoms with Crippen LogP contribution in [0.3, 0.4) is 0 Å². The number of piperazine rings is 1. The van der Waals surface area contributed by atoms with Crippen LogP contribution in [0.5, 0.6) is 11.5 Å². The summed E-state index contributed by atoms with van der Waals surface area (Å²) in [7, 11) is 0. The number of alkyl carbamates (subject to hydrolysis) is 1. The van der Waals surface area contributed by atoms with Gasteiger partial charge in [0.15, 0.2) is 0 Å². The summed E-state index contributed by atoms with van der Waals surface area (Å²) in [6, 6.07) is 16.0. The number of esters is 1. The number of nitrogens with one attached hydrogen (secondary N) is 2. The molecule has 0 bridgehead atoms. The van der Waals surface area contributed by atoms with E-state index in [9.17, 15) is 34.5 Å². The number of hydrogen-bond acceptors (Lipinski definition) is 15. The van der Waals surface area contributed by atoms with Crippen molar-refractivity contribution < 1.29 is 44.0 Å². The third kappa shape index (κ3) is 11.0. The number of anilines is 4. The van der Waals surface area contributed by atoms with Crippen LogP contribution < -0.4 is 30.7 Å². The van der Waals surface area contributed by atoms with E-state index in [-0.39, 0.29) is 28.8 Å². The van der Waals surface area contributed by atoms with Gasteiger partial charge in [-0.2, -0.15) is 4.98 Å². The number of carboxylic acid groups (broad SMARTS) is 1. The first-order valence-corrected chi connectivity index (χ1v) is 20.7. The normalized spacial score (nSPS) is 15.6. The Morgan fingerprint density at radius 1 is 0.857 bits per heavy atom. The van der Waals surface area contributed by atoms with E-state index in [1.807, 2.05) is 35.8 Å². The first-order chi connectivity index (χ1) is 29.9. The van der Waals surface area contributed by atoms with Gasteiger partial charge in [-0.15, -0.1) is 0 Å². The molecule has 2 aliphatic rings. The maximum Gasteiger partial charge on any atom is 0.408 e. The average molecular weight is 867 g/mol. The zero-order chi connectivity index (χ0) is 45.6. The van der Waals surface area contributed by atoms with Crippen molar-refractivity contribution in [3.63, 3.8) is 0 Å². The molecule has 2 aliphatic heterocycles. The lowest BCUT2D eigenvalue weighted by molar-refractivity contribution is -0.169. The fourth-order valence-electron chi connectivity index (χ4n) is 7.52. The molecule has 2 unspecified atom stereocenters. The summed E-state index contributed by atoms with van der Waals surface area (Å²) < 4.78 is 11.0. The summed E-state index contributed by atoms with van der Waals surface area (Å²) in [5.74, 6) is -2.64. The number of benzene rings is 3. The van der Waals surface area contributed by atoms with Crippen molar-refractivity contribution in [1.82, 2.24) is 20.3 Å². The highest BCUT2D eigenvalue weighted by atomic mass is 16.6. The Morgan fingerprint density at radius 2 is 1.44 bits per heavy atom. The highest BCUT2D eigenvalue weighted by molar-refractivity contribution is 6.22. The lowest BCUT2D eigenvalue weighted by Crippen LogP contribution is -2.47. The van der Waals surface area contributed by atoms with Gasteiger partial charge in [0.1, 0.15) is 35.3 Å². The predicted octanol–water partition coefficient (Wildman–Crippen LogP) is 5.12. The molecule has 0 saturated carbocycles. The number of carboxylic acids is 1. The maximum atomic E-state index is 13.5. The standard InChI is InChI=1S/C44H54N10O9/c1-26(2)31-23-32(34(56)24-33(31)55)37(45)54(40(46)60)30-13-11-29(12-14-30)51-19-21-53(22-20-51)42-48-25-47-41(50-42)52-17-15-28(16-18-52)39(59)62-36(38(57)58)35(27-9-7-6-8-10-27)49-43(61)63-44(3,4)5/h6-14,23-26,28,35-36,45,55-56H,15-22H2,1-5H3,(H2,46,60)(H,49,61)(H,57,58). The Balaban J connectivity index is 1.04. The number of phenolic OH excluding ortho intramolecular Hbond substituents is 2. The molecule has 2 saturated heterocycles. The van der Waals surface area contributed by atoms with Gasteiger partial charge >= 0.3 is 24.1 Å². The smallest absolute Gasteiger partial charge is 0.408 e. The van der Waals surface area contributed by atoms with E-state index in [0.29, 0.717) is 80.8 Å².